The van der Waals surface area contributed by atoms with E-state index in [4.69, 9.17) is 5.73 Å². The Kier molecular flexibility index (Phi) is 3.42. The van der Waals surface area contributed by atoms with Gasteiger partial charge in [0, 0.05) is 30.2 Å². The van der Waals surface area contributed by atoms with E-state index in [0.717, 1.165) is 40.8 Å². The van der Waals surface area contributed by atoms with Crippen LogP contribution < -0.4 is 16.2 Å². The normalized spacial score (nSPS) is 17.5. The van der Waals surface area contributed by atoms with Gasteiger partial charge in [-0.3, -0.25) is 4.79 Å². The molecule has 2 aromatic heterocycles. The van der Waals surface area contributed by atoms with Crippen LogP contribution in [0.1, 0.15) is 6.42 Å². The molecule has 3 heterocycles. The summed E-state index contributed by atoms with van der Waals surface area (Å²) in [7, 11) is 0. The lowest BCUT2D eigenvalue weighted by atomic mass is 10.0. The van der Waals surface area contributed by atoms with Gasteiger partial charge in [0.25, 0.3) is 5.56 Å². The summed E-state index contributed by atoms with van der Waals surface area (Å²) in [6.45, 7) is 1.34. The van der Waals surface area contributed by atoms with Gasteiger partial charge in [-0.25, -0.2) is 9.97 Å². The first-order valence-corrected chi connectivity index (χ1v) is 7.78. The molecule has 0 amide bonds. The Morgan fingerprint density at radius 2 is 2.12 bits per heavy atom. The van der Waals surface area contributed by atoms with Crippen LogP contribution in [0.5, 0.6) is 0 Å². The fourth-order valence-corrected chi connectivity index (χ4v) is 3.08. The number of benzene rings is 1. The Hall–Kier alpha value is -2.93. The van der Waals surface area contributed by atoms with E-state index in [1.807, 2.05) is 18.2 Å². The maximum atomic E-state index is 11.4. The molecule has 0 aliphatic carbocycles. The van der Waals surface area contributed by atoms with Crippen molar-refractivity contribution in [2.45, 2.75) is 12.5 Å². The van der Waals surface area contributed by atoms with Gasteiger partial charge in [-0.1, -0.05) is 6.07 Å². The lowest BCUT2D eigenvalue weighted by molar-refractivity contribution is 0.198. The summed E-state index contributed by atoms with van der Waals surface area (Å²) >= 11 is 0. The van der Waals surface area contributed by atoms with Gasteiger partial charge < -0.3 is 20.7 Å². The number of rotatable bonds is 2. The first kappa shape index (κ1) is 14.6. The van der Waals surface area contributed by atoms with Crippen LogP contribution in [-0.4, -0.2) is 39.3 Å². The Balaban J connectivity index is 1.84. The monoisotopic (exact) mass is 323 g/mol. The SMILES string of the molecule is Nc1cc(-c2ccc3ncnc(N4CCC(O)C4)c3c2)c[nH]c1=O. The van der Waals surface area contributed by atoms with Crippen LogP contribution in [0.2, 0.25) is 0 Å². The molecule has 1 aliphatic heterocycles. The second-order valence-electron chi connectivity index (χ2n) is 5.99. The standard InChI is InChI=1S/C17H17N5O2/c18-14-6-11(7-19-17(14)24)10-1-2-15-13(5-10)16(21-9-20-15)22-4-3-12(23)8-22/h1-2,5-7,9,12,23H,3-4,8,18H2,(H,19,24). The number of fused-ring (bicyclic) bond motifs is 1. The minimum absolute atomic E-state index is 0.180. The molecule has 0 bridgehead atoms. The predicted molar refractivity (Wildman–Crippen MR) is 92.8 cm³/mol. The van der Waals surface area contributed by atoms with Crippen molar-refractivity contribution in [3.63, 3.8) is 0 Å². The minimum Gasteiger partial charge on any atom is -0.394 e. The number of nitrogens with one attached hydrogen (secondary N) is 1. The van der Waals surface area contributed by atoms with Gasteiger partial charge in [-0.2, -0.15) is 0 Å². The molecule has 7 nitrogen and oxygen atoms in total. The highest BCUT2D eigenvalue weighted by atomic mass is 16.3. The number of pyridine rings is 1. The van der Waals surface area contributed by atoms with Crippen molar-refractivity contribution in [1.82, 2.24) is 15.0 Å². The van der Waals surface area contributed by atoms with E-state index in [9.17, 15) is 9.90 Å². The summed E-state index contributed by atoms with van der Waals surface area (Å²) in [4.78, 5) is 24.9. The van der Waals surface area contributed by atoms with E-state index >= 15 is 0 Å². The molecule has 1 aliphatic rings. The molecule has 7 heteroatoms. The van der Waals surface area contributed by atoms with Gasteiger partial charge in [0.2, 0.25) is 0 Å². The molecule has 0 saturated carbocycles. The Labute approximate surface area is 137 Å². The highest BCUT2D eigenvalue weighted by Crippen LogP contribution is 2.30. The molecular weight excluding hydrogens is 306 g/mol. The van der Waals surface area contributed by atoms with Crippen LogP contribution in [0.3, 0.4) is 0 Å². The quantitative estimate of drug-likeness (QED) is 0.652. The van der Waals surface area contributed by atoms with Crippen molar-refractivity contribution >= 4 is 22.4 Å². The van der Waals surface area contributed by atoms with Crippen LogP contribution in [0.4, 0.5) is 11.5 Å². The van der Waals surface area contributed by atoms with Crippen LogP contribution in [0.15, 0.2) is 41.6 Å². The number of nitrogen functional groups attached to an aromatic ring is 1. The number of hydrogen-bond acceptors (Lipinski definition) is 6. The molecule has 24 heavy (non-hydrogen) atoms. The van der Waals surface area contributed by atoms with E-state index in [-0.39, 0.29) is 17.4 Å². The molecule has 4 N–H and O–H groups in total. The largest absolute Gasteiger partial charge is 0.394 e. The average molecular weight is 323 g/mol. The molecule has 4 rings (SSSR count). The van der Waals surface area contributed by atoms with E-state index in [1.165, 1.54) is 0 Å². The second-order valence-corrected chi connectivity index (χ2v) is 5.99. The van der Waals surface area contributed by atoms with E-state index in [0.29, 0.717) is 6.54 Å². The average Bonchev–Trinajstić information content (AvgIpc) is 3.02. The minimum atomic E-state index is -0.322. The highest BCUT2D eigenvalue weighted by Gasteiger charge is 2.23. The van der Waals surface area contributed by atoms with Gasteiger partial charge in [0.1, 0.15) is 12.1 Å². The number of aromatic amines is 1. The molecule has 1 fully saturated rings. The van der Waals surface area contributed by atoms with Crippen molar-refractivity contribution in [3.05, 3.63) is 47.1 Å². The number of β-amino-alcohol motifs (C(OH)–C–C–N with tert-alkyl or cyclic N) is 1. The third-order valence-corrected chi connectivity index (χ3v) is 4.34. The third-order valence-electron chi connectivity index (χ3n) is 4.34. The number of aliphatic hydroxyl groups is 1. The van der Waals surface area contributed by atoms with Gasteiger partial charge in [-0.15, -0.1) is 0 Å². The Morgan fingerprint density at radius 3 is 2.88 bits per heavy atom. The number of nitrogens with two attached hydrogens (primary N) is 1. The zero-order valence-corrected chi connectivity index (χ0v) is 12.9. The fraction of sp³-hybridized carbons (Fsp3) is 0.235. The molecule has 1 unspecified atom stereocenters. The second kappa shape index (κ2) is 5.61. The summed E-state index contributed by atoms with van der Waals surface area (Å²) < 4.78 is 0. The van der Waals surface area contributed by atoms with Crippen LogP contribution in [0, 0.1) is 0 Å². The van der Waals surface area contributed by atoms with Crippen LogP contribution in [-0.2, 0) is 0 Å². The molecule has 0 spiro atoms. The maximum Gasteiger partial charge on any atom is 0.271 e. The number of aromatic nitrogens is 3. The topological polar surface area (TPSA) is 108 Å². The maximum absolute atomic E-state index is 11.4. The van der Waals surface area contributed by atoms with Crippen molar-refractivity contribution < 1.29 is 5.11 Å². The smallest absolute Gasteiger partial charge is 0.271 e. The van der Waals surface area contributed by atoms with Crippen LogP contribution >= 0.6 is 0 Å². The summed E-state index contributed by atoms with van der Waals surface area (Å²) in [5.41, 5.74) is 8.17. The lowest BCUT2D eigenvalue weighted by Gasteiger charge is -2.18. The molecule has 1 saturated heterocycles. The highest BCUT2D eigenvalue weighted by molar-refractivity contribution is 5.93. The van der Waals surface area contributed by atoms with Gasteiger partial charge in [-0.05, 0) is 30.2 Å². The molecule has 0 radical (unpaired) electrons. The zero-order chi connectivity index (χ0) is 16.7. The Bertz CT molecular complexity index is 969. The number of aliphatic hydroxyl groups excluding tert-OH is 1. The summed E-state index contributed by atoms with van der Waals surface area (Å²) in [5, 5.41) is 10.7. The van der Waals surface area contributed by atoms with E-state index in [2.05, 4.69) is 19.9 Å². The molecule has 1 atom stereocenters. The summed E-state index contributed by atoms with van der Waals surface area (Å²) in [6, 6.07) is 7.50. The van der Waals surface area contributed by atoms with E-state index < -0.39 is 0 Å². The summed E-state index contributed by atoms with van der Waals surface area (Å²) in [6.07, 6.45) is 3.60. The van der Waals surface area contributed by atoms with Gasteiger partial charge >= 0.3 is 0 Å². The molecular formula is C17H17N5O2. The van der Waals surface area contributed by atoms with Crippen molar-refractivity contribution in [2.24, 2.45) is 0 Å². The van der Waals surface area contributed by atoms with Gasteiger partial charge in [0.05, 0.1) is 17.3 Å². The van der Waals surface area contributed by atoms with E-state index in [1.54, 1.807) is 18.6 Å². The van der Waals surface area contributed by atoms with Crippen LogP contribution in [0.25, 0.3) is 22.0 Å². The van der Waals surface area contributed by atoms with Crippen molar-refractivity contribution in [1.29, 1.82) is 0 Å². The molecule has 122 valence electrons. The van der Waals surface area contributed by atoms with Gasteiger partial charge in [0.15, 0.2) is 0 Å². The predicted octanol–water partition coefficient (Wildman–Crippen LogP) is 1.14. The van der Waals surface area contributed by atoms with Crippen molar-refractivity contribution in [2.75, 3.05) is 23.7 Å². The number of anilines is 2. The third kappa shape index (κ3) is 2.48. The fourth-order valence-electron chi connectivity index (χ4n) is 3.08. The first-order valence-electron chi connectivity index (χ1n) is 7.78. The lowest BCUT2D eigenvalue weighted by Crippen LogP contribution is -2.22. The number of nitrogens with zero attached hydrogens (tertiary/aromatic N) is 3. The van der Waals surface area contributed by atoms with Crippen molar-refractivity contribution in [3.8, 4) is 11.1 Å². The molecule has 3 aromatic rings. The molecule has 1 aromatic carbocycles. The first-order chi connectivity index (χ1) is 11.6. The number of H-pyrrole nitrogens is 1. The summed E-state index contributed by atoms with van der Waals surface area (Å²) in [5.74, 6) is 0.816. The number of hydrogen-bond donors (Lipinski definition) is 3. The zero-order valence-electron chi connectivity index (χ0n) is 12.9. The Morgan fingerprint density at radius 1 is 1.25 bits per heavy atom.